The molecule has 5 N–H and O–H groups in total. The van der Waals surface area contributed by atoms with E-state index in [2.05, 4.69) is 39.7 Å². The first-order chi connectivity index (χ1) is 27.7. The Labute approximate surface area is 332 Å². The summed E-state index contributed by atoms with van der Waals surface area (Å²) in [5.74, 6) is -0.986. The molecule has 0 saturated carbocycles. The van der Waals surface area contributed by atoms with E-state index >= 15 is 0 Å². The summed E-state index contributed by atoms with van der Waals surface area (Å²) in [7, 11) is 0. The fourth-order valence-corrected chi connectivity index (χ4v) is 5.12. The van der Waals surface area contributed by atoms with Gasteiger partial charge in [0.15, 0.2) is 0 Å². The Morgan fingerprint density at radius 3 is 1.14 bits per heavy atom. The van der Waals surface area contributed by atoms with E-state index in [9.17, 15) is 19.2 Å². The van der Waals surface area contributed by atoms with Crippen LogP contribution in [0.25, 0.3) is 0 Å². The number of para-hydroxylation sites is 3. The summed E-state index contributed by atoms with van der Waals surface area (Å²) in [4.78, 5) is 46.8. The van der Waals surface area contributed by atoms with Crippen molar-refractivity contribution in [3.8, 4) is 0 Å². The second-order valence-corrected chi connectivity index (χ2v) is 12.4. The first kappa shape index (κ1) is 40.2. The summed E-state index contributed by atoms with van der Waals surface area (Å²) in [6, 6.07) is 51.8. The Bertz CT molecular complexity index is 2290. The molecule has 0 fully saturated rings. The second kappa shape index (κ2) is 20.5. The van der Waals surface area contributed by atoms with Gasteiger partial charge in [0.05, 0.1) is 5.69 Å². The van der Waals surface area contributed by atoms with Gasteiger partial charge in [-0.1, -0.05) is 67.8 Å². The van der Waals surface area contributed by atoms with Crippen molar-refractivity contribution in [3.63, 3.8) is 0 Å². The lowest BCUT2D eigenvalue weighted by molar-refractivity contribution is -0.120. The number of nitrogens with zero attached hydrogens (tertiary/aromatic N) is 1. The Balaban J connectivity index is 0.000000163. The summed E-state index contributed by atoms with van der Waals surface area (Å²) >= 11 is 0. The normalized spacial score (nSPS) is 11.1. The number of amides is 4. The second-order valence-electron chi connectivity index (χ2n) is 12.4. The number of anilines is 9. The van der Waals surface area contributed by atoms with E-state index in [4.69, 9.17) is 0 Å². The van der Waals surface area contributed by atoms with Crippen LogP contribution >= 0.6 is 0 Å². The number of carbonyl (C=O) groups is 4. The molecule has 1 aliphatic rings. The zero-order chi connectivity index (χ0) is 40.4. The van der Waals surface area contributed by atoms with Gasteiger partial charge < -0.3 is 26.6 Å². The van der Waals surface area contributed by atoms with Crippen LogP contribution in [0.1, 0.15) is 6.92 Å². The molecule has 284 valence electrons. The maximum atomic E-state index is 11.6. The maximum Gasteiger partial charge on any atom is 0.258 e. The molecule has 1 aliphatic heterocycles. The fourth-order valence-electron chi connectivity index (χ4n) is 5.12. The SMILES string of the molecule is C=C(C)C(=O)Nc1ccc(Nc2ccccc2)cc1.C=CC(=O)Nc1ccc(Nc2ccccc2)cc1.O=C1C=CC(=O)N1c1ccc(Nc2ccccc2)cc1. The van der Waals surface area contributed by atoms with Gasteiger partial charge in [0, 0.05) is 63.2 Å². The van der Waals surface area contributed by atoms with Crippen LogP contribution in [-0.2, 0) is 19.2 Å². The third-order valence-electron chi connectivity index (χ3n) is 7.99. The van der Waals surface area contributed by atoms with E-state index in [1.54, 1.807) is 19.1 Å². The van der Waals surface area contributed by atoms with Gasteiger partial charge in [-0.05, 0) is 122 Å². The van der Waals surface area contributed by atoms with Crippen LogP contribution in [0.2, 0.25) is 0 Å². The molecule has 6 aromatic carbocycles. The van der Waals surface area contributed by atoms with Gasteiger partial charge >= 0.3 is 0 Å². The summed E-state index contributed by atoms with van der Waals surface area (Å²) in [6.45, 7) is 8.69. The predicted molar refractivity (Wildman–Crippen MR) is 232 cm³/mol. The summed E-state index contributed by atoms with van der Waals surface area (Å²) in [5, 5.41) is 15.2. The van der Waals surface area contributed by atoms with Gasteiger partial charge in [-0.3, -0.25) is 19.2 Å². The lowest BCUT2D eigenvalue weighted by Crippen LogP contribution is -2.29. The minimum Gasteiger partial charge on any atom is -0.356 e. The number of hydrogen-bond donors (Lipinski definition) is 5. The smallest absolute Gasteiger partial charge is 0.258 e. The fraction of sp³-hybridized carbons (Fsp3) is 0.0213. The molecule has 0 aromatic heterocycles. The van der Waals surface area contributed by atoms with Gasteiger partial charge in [0.1, 0.15) is 0 Å². The van der Waals surface area contributed by atoms with Crippen LogP contribution in [0.15, 0.2) is 201 Å². The average molecular weight is 755 g/mol. The zero-order valence-electron chi connectivity index (χ0n) is 31.3. The van der Waals surface area contributed by atoms with Crippen LogP contribution in [0.5, 0.6) is 0 Å². The minimum atomic E-state index is -0.307. The number of hydrogen-bond acceptors (Lipinski definition) is 7. The minimum absolute atomic E-state index is 0.163. The molecule has 0 bridgehead atoms. The monoisotopic (exact) mass is 754 g/mol. The molecular formula is C47H42N6O4. The van der Waals surface area contributed by atoms with E-state index in [-0.39, 0.29) is 23.6 Å². The Morgan fingerprint density at radius 1 is 0.474 bits per heavy atom. The Morgan fingerprint density at radius 2 is 0.789 bits per heavy atom. The summed E-state index contributed by atoms with van der Waals surface area (Å²) in [6.07, 6.45) is 3.80. The van der Waals surface area contributed by atoms with Crippen LogP contribution in [0, 0.1) is 0 Å². The topological polar surface area (TPSA) is 132 Å². The van der Waals surface area contributed by atoms with Gasteiger partial charge in [-0.2, -0.15) is 0 Å². The summed E-state index contributed by atoms with van der Waals surface area (Å²) in [5.41, 5.74) is 8.45. The molecule has 10 heteroatoms. The van der Waals surface area contributed by atoms with Crippen LogP contribution < -0.4 is 31.5 Å². The van der Waals surface area contributed by atoms with Crippen LogP contribution in [0.3, 0.4) is 0 Å². The molecule has 0 unspecified atom stereocenters. The van der Waals surface area contributed by atoms with Crippen molar-refractivity contribution in [2.45, 2.75) is 6.92 Å². The molecule has 7 rings (SSSR count). The molecule has 1 heterocycles. The van der Waals surface area contributed by atoms with Gasteiger partial charge in [-0.25, -0.2) is 4.90 Å². The van der Waals surface area contributed by atoms with Crippen molar-refractivity contribution in [3.05, 3.63) is 201 Å². The first-order valence-corrected chi connectivity index (χ1v) is 17.9. The quantitative estimate of drug-likeness (QED) is 0.0657. The van der Waals surface area contributed by atoms with E-state index in [0.29, 0.717) is 11.3 Å². The lowest BCUT2D eigenvalue weighted by Gasteiger charge is -2.14. The van der Waals surface area contributed by atoms with E-state index < -0.39 is 0 Å². The number of imide groups is 1. The van der Waals surface area contributed by atoms with Crippen molar-refractivity contribution in [2.24, 2.45) is 0 Å². The van der Waals surface area contributed by atoms with Crippen molar-refractivity contribution >= 4 is 74.8 Å². The highest BCUT2D eigenvalue weighted by molar-refractivity contribution is 6.28. The van der Waals surface area contributed by atoms with Gasteiger partial charge in [0.25, 0.3) is 17.7 Å². The molecule has 0 aliphatic carbocycles. The summed E-state index contributed by atoms with van der Waals surface area (Å²) < 4.78 is 0. The van der Waals surface area contributed by atoms with Crippen LogP contribution in [0.4, 0.5) is 51.2 Å². The molecule has 0 radical (unpaired) electrons. The van der Waals surface area contributed by atoms with Crippen LogP contribution in [-0.4, -0.2) is 23.6 Å². The molecule has 0 atom stereocenters. The molecule has 57 heavy (non-hydrogen) atoms. The maximum absolute atomic E-state index is 11.6. The molecule has 0 saturated heterocycles. The largest absolute Gasteiger partial charge is 0.356 e. The number of rotatable bonds is 11. The Hall–Kier alpha value is -7.98. The first-order valence-electron chi connectivity index (χ1n) is 17.9. The highest BCUT2D eigenvalue weighted by Gasteiger charge is 2.24. The zero-order valence-corrected chi connectivity index (χ0v) is 31.3. The van der Waals surface area contributed by atoms with E-state index in [0.717, 1.165) is 50.4 Å². The number of carbonyl (C=O) groups excluding carboxylic acids is 4. The molecule has 0 spiro atoms. The van der Waals surface area contributed by atoms with Crippen molar-refractivity contribution in [1.82, 2.24) is 0 Å². The predicted octanol–water partition coefficient (Wildman–Crippen LogP) is 10.4. The van der Waals surface area contributed by atoms with Crippen molar-refractivity contribution in [1.29, 1.82) is 0 Å². The number of nitrogens with one attached hydrogen (secondary N) is 5. The van der Waals surface area contributed by atoms with E-state index in [1.807, 2.05) is 152 Å². The molecule has 10 nitrogen and oxygen atoms in total. The van der Waals surface area contributed by atoms with Gasteiger partial charge in [0.2, 0.25) is 5.91 Å². The standard InChI is InChI=1S/C16H12N2O2.C16H16N2O.C15H14N2O/c19-15-10-11-16(20)18(15)14-8-6-13(7-9-14)17-12-4-2-1-3-5-12;1-12(2)16(19)18-15-10-8-14(9-11-15)17-13-6-4-3-5-7-13;1-2-15(18)17-14-10-8-13(9-11-14)16-12-6-4-3-5-7-12/h1-11,17H;3-11,17H,1H2,2H3,(H,18,19);2-11,16H,1H2,(H,17,18). The lowest BCUT2D eigenvalue weighted by atomic mass is 10.2. The molecular weight excluding hydrogens is 713 g/mol. The highest BCUT2D eigenvalue weighted by atomic mass is 16.2. The third-order valence-corrected chi connectivity index (χ3v) is 7.99. The third kappa shape index (κ3) is 12.8. The van der Waals surface area contributed by atoms with Crippen molar-refractivity contribution < 1.29 is 19.2 Å². The molecule has 6 aromatic rings. The Kier molecular flexibility index (Phi) is 14.4. The van der Waals surface area contributed by atoms with Crippen molar-refractivity contribution in [2.75, 3.05) is 31.5 Å². The molecule has 4 amide bonds. The van der Waals surface area contributed by atoms with Gasteiger partial charge in [-0.15, -0.1) is 0 Å². The number of benzene rings is 6. The average Bonchev–Trinajstić information content (AvgIpc) is 3.58. The highest BCUT2D eigenvalue weighted by Crippen LogP contribution is 2.24. The van der Waals surface area contributed by atoms with E-state index in [1.165, 1.54) is 18.2 Å².